The summed E-state index contributed by atoms with van der Waals surface area (Å²) in [5.41, 5.74) is 6.07. The second-order valence-corrected chi connectivity index (χ2v) is 6.88. The van der Waals surface area contributed by atoms with Crippen molar-refractivity contribution in [2.75, 3.05) is 26.2 Å². The van der Waals surface area contributed by atoms with E-state index in [9.17, 15) is 8.42 Å². The second kappa shape index (κ2) is 8.43. The van der Waals surface area contributed by atoms with Crippen LogP contribution in [0.4, 0.5) is 0 Å². The van der Waals surface area contributed by atoms with E-state index in [1.54, 1.807) is 12.1 Å². The van der Waals surface area contributed by atoms with Crippen LogP contribution in [0.15, 0.2) is 29.2 Å². The van der Waals surface area contributed by atoms with Crippen LogP contribution in [-0.2, 0) is 10.0 Å². The quantitative estimate of drug-likeness (QED) is 0.528. The number of benzene rings is 1. The van der Waals surface area contributed by atoms with E-state index in [1.807, 2.05) is 0 Å². The third-order valence-electron chi connectivity index (χ3n) is 3.27. The molecule has 0 unspecified atom stereocenters. The average Bonchev–Trinajstić information content (AvgIpc) is 2.47. The van der Waals surface area contributed by atoms with Gasteiger partial charge in [0.05, 0.1) is 4.90 Å². The molecule has 7 heteroatoms. The molecule has 5 nitrogen and oxygen atoms in total. The highest BCUT2D eigenvalue weighted by Gasteiger charge is 2.14. The third-order valence-corrected chi connectivity index (χ3v) is 4.96. The van der Waals surface area contributed by atoms with E-state index in [-0.39, 0.29) is 9.88 Å². The number of thiocarbonyl (C=S) groups is 1. The highest BCUT2D eigenvalue weighted by molar-refractivity contribution is 7.89. The Hall–Kier alpha value is -1.02. The fourth-order valence-electron chi connectivity index (χ4n) is 1.95. The molecule has 1 aromatic carbocycles. The van der Waals surface area contributed by atoms with Gasteiger partial charge in [-0.05, 0) is 38.2 Å². The minimum atomic E-state index is -3.51. The molecule has 0 amide bonds. The first-order chi connectivity index (χ1) is 9.90. The molecule has 21 heavy (non-hydrogen) atoms. The molecule has 0 radical (unpaired) electrons. The average molecular weight is 329 g/mol. The molecule has 0 atom stereocenters. The lowest BCUT2D eigenvalue weighted by atomic mass is 10.2. The first kappa shape index (κ1) is 18.0. The van der Waals surface area contributed by atoms with Gasteiger partial charge in [-0.3, -0.25) is 0 Å². The molecular formula is C14H23N3O2S2. The third kappa shape index (κ3) is 5.70. The van der Waals surface area contributed by atoms with Crippen LogP contribution in [0.5, 0.6) is 0 Å². The Labute approximate surface area is 132 Å². The van der Waals surface area contributed by atoms with Gasteiger partial charge in [0.2, 0.25) is 10.0 Å². The van der Waals surface area contributed by atoms with Crippen LogP contribution >= 0.6 is 12.2 Å². The van der Waals surface area contributed by atoms with E-state index >= 15 is 0 Å². The molecular weight excluding hydrogens is 306 g/mol. The van der Waals surface area contributed by atoms with Crippen LogP contribution in [0, 0.1) is 0 Å². The van der Waals surface area contributed by atoms with Crippen LogP contribution in [0.1, 0.15) is 25.8 Å². The van der Waals surface area contributed by atoms with Crippen LogP contribution in [0.25, 0.3) is 0 Å². The molecule has 0 aliphatic carbocycles. The molecule has 0 aliphatic heterocycles. The zero-order valence-corrected chi connectivity index (χ0v) is 14.1. The van der Waals surface area contributed by atoms with Gasteiger partial charge in [0.15, 0.2) is 0 Å². The summed E-state index contributed by atoms with van der Waals surface area (Å²) in [6.07, 6.45) is 0.774. The Morgan fingerprint density at radius 1 is 1.33 bits per heavy atom. The van der Waals surface area contributed by atoms with E-state index in [1.165, 1.54) is 12.1 Å². The van der Waals surface area contributed by atoms with Gasteiger partial charge in [0.25, 0.3) is 0 Å². The summed E-state index contributed by atoms with van der Waals surface area (Å²) in [6.45, 7) is 7.42. The number of hydrogen-bond donors (Lipinski definition) is 2. The van der Waals surface area contributed by atoms with Gasteiger partial charge in [-0.15, -0.1) is 0 Å². The van der Waals surface area contributed by atoms with Crippen molar-refractivity contribution in [2.24, 2.45) is 5.73 Å². The summed E-state index contributed by atoms with van der Waals surface area (Å²) < 4.78 is 27.0. The Morgan fingerprint density at radius 2 is 2.00 bits per heavy atom. The second-order valence-electron chi connectivity index (χ2n) is 4.67. The first-order valence-electron chi connectivity index (χ1n) is 7.02. The van der Waals surface area contributed by atoms with Crippen LogP contribution in [0.3, 0.4) is 0 Å². The van der Waals surface area contributed by atoms with E-state index in [4.69, 9.17) is 18.0 Å². The van der Waals surface area contributed by atoms with Crippen LogP contribution < -0.4 is 10.5 Å². The number of rotatable bonds is 9. The molecule has 0 aromatic heterocycles. The summed E-state index contributed by atoms with van der Waals surface area (Å²) in [7, 11) is -3.51. The Bertz CT molecular complexity index is 569. The summed E-state index contributed by atoms with van der Waals surface area (Å²) in [4.78, 5) is 2.63. The lowest BCUT2D eigenvalue weighted by molar-refractivity contribution is 0.300. The Kier molecular flexibility index (Phi) is 7.24. The zero-order valence-electron chi connectivity index (χ0n) is 12.5. The first-order valence-corrected chi connectivity index (χ1v) is 8.91. The Morgan fingerprint density at radius 3 is 2.57 bits per heavy atom. The smallest absolute Gasteiger partial charge is 0.240 e. The molecule has 1 aromatic rings. The molecule has 118 valence electrons. The van der Waals surface area contributed by atoms with Crippen LogP contribution in [0.2, 0.25) is 0 Å². The standard InChI is InChI=1S/C14H23N3O2S2/c1-3-17(4-2)10-6-9-16-21(18,19)13-8-5-7-12(11-13)14(15)20/h5,7-8,11,16H,3-4,6,9-10H2,1-2H3,(H2,15,20). The van der Waals surface area contributed by atoms with E-state index in [2.05, 4.69) is 23.5 Å². The predicted molar refractivity (Wildman–Crippen MR) is 89.9 cm³/mol. The van der Waals surface area contributed by atoms with Gasteiger partial charge in [0, 0.05) is 12.1 Å². The van der Waals surface area contributed by atoms with E-state index in [0.29, 0.717) is 12.1 Å². The summed E-state index contributed by atoms with van der Waals surface area (Å²) in [6, 6.07) is 6.37. The monoisotopic (exact) mass is 329 g/mol. The predicted octanol–water partition coefficient (Wildman–Crippen LogP) is 1.33. The van der Waals surface area contributed by atoms with Gasteiger partial charge in [-0.2, -0.15) is 0 Å². The number of nitrogens with two attached hydrogens (primary N) is 1. The molecule has 0 heterocycles. The normalized spacial score (nSPS) is 11.8. The molecule has 1 rings (SSSR count). The Balaban J connectivity index is 2.61. The SMILES string of the molecule is CCN(CC)CCCNS(=O)(=O)c1cccc(C(N)=S)c1. The highest BCUT2D eigenvalue weighted by atomic mass is 32.2. The van der Waals surface area contributed by atoms with Gasteiger partial charge in [-0.1, -0.05) is 38.2 Å². The van der Waals surface area contributed by atoms with Crippen molar-refractivity contribution in [2.45, 2.75) is 25.2 Å². The highest BCUT2D eigenvalue weighted by Crippen LogP contribution is 2.11. The topological polar surface area (TPSA) is 75.4 Å². The van der Waals surface area contributed by atoms with Crippen molar-refractivity contribution >= 4 is 27.2 Å². The van der Waals surface area contributed by atoms with Crippen molar-refractivity contribution < 1.29 is 8.42 Å². The minimum absolute atomic E-state index is 0.189. The van der Waals surface area contributed by atoms with E-state index < -0.39 is 10.0 Å². The fraction of sp³-hybridized carbons (Fsp3) is 0.500. The van der Waals surface area contributed by atoms with Gasteiger partial charge in [0.1, 0.15) is 4.99 Å². The number of nitrogens with one attached hydrogen (secondary N) is 1. The summed E-state index contributed by atoms with van der Waals surface area (Å²) in [5, 5.41) is 0. The van der Waals surface area contributed by atoms with Gasteiger partial charge < -0.3 is 10.6 Å². The summed E-state index contributed by atoms with van der Waals surface area (Å²) in [5.74, 6) is 0. The molecule has 0 bridgehead atoms. The summed E-state index contributed by atoms with van der Waals surface area (Å²) >= 11 is 4.86. The van der Waals surface area contributed by atoms with Gasteiger partial charge in [-0.25, -0.2) is 13.1 Å². The number of sulfonamides is 1. The molecule has 0 spiro atoms. The maximum absolute atomic E-state index is 12.2. The van der Waals surface area contributed by atoms with Crippen molar-refractivity contribution in [3.05, 3.63) is 29.8 Å². The molecule has 0 saturated heterocycles. The van der Waals surface area contributed by atoms with Crippen molar-refractivity contribution in [3.8, 4) is 0 Å². The molecule has 0 fully saturated rings. The minimum Gasteiger partial charge on any atom is -0.389 e. The van der Waals surface area contributed by atoms with Crippen LogP contribution in [-0.4, -0.2) is 44.5 Å². The van der Waals surface area contributed by atoms with Crippen molar-refractivity contribution in [1.29, 1.82) is 0 Å². The maximum Gasteiger partial charge on any atom is 0.240 e. The maximum atomic E-state index is 12.2. The number of hydrogen-bond acceptors (Lipinski definition) is 4. The lowest BCUT2D eigenvalue weighted by Gasteiger charge is -2.17. The fourth-order valence-corrected chi connectivity index (χ4v) is 3.20. The molecule has 3 N–H and O–H groups in total. The lowest BCUT2D eigenvalue weighted by Crippen LogP contribution is -2.30. The largest absolute Gasteiger partial charge is 0.389 e. The van der Waals surface area contributed by atoms with Crippen molar-refractivity contribution in [3.63, 3.8) is 0 Å². The zero-order chi connectivity index (χ0) is 15.9. The van der Waals surface area contributed by atoms with Crippen molar-refractivity contribution in [1.82, 2.24) is 9.62 Å². The molecule has 0 aliphatic rings. The number of nitrogens with zero attached hydrogens (tertiary/aromatic N) is 1. The molecule has 0 saturated carbocycles. The van der Waals surface area contributed by atoms with Gasteiger partial charge >= 0.3 is 0 Å². The van der Waals surface area contributed by atoms with E-state index in [0.717, 1.165) is 26.1 Å².